The van der Waals surface area contributed by atoms with Gasteiger partial charge in [-0.3, -0.25) is 0 Å². The highest BCUT2D eigenvalue weighted by Crippen LogP contribution is 2.32. The molecule has 1 saturated carbocycles. The summed E-state index contributed by atoms with van der Waals surface area (Å²) < 4.78 is 0. The lowest BCUT2D eigenvalue weighted by Gasteiger charge is -2.11. The van der Waals surface area contributed by atoms with Crippen LogP contribution in [-0.4, -0.2) is 6.54 Å². The summed E-state index contributed by atoms with van der Waals surface area (Å²) in [5.74, 6) is 1.04. The molecule has 13 heavy (non-hydrogen) atoms. The molecule has 1 fully saturated rings. The van der Waals surface area contributed by atoms with Gasteiger partial charge >= 0.3 is 0 Å². The molecule has 1 aromatic heterocycles. The van der Waals surface area contributed by atoms with Gasteiger partial charge in [0.1, 0.15) is 0 Å². The molecule has 0 unspecified atom stereocenters. The Morgan fingerprint density at radius 2 is 2.46 bits per heavy atom. The van der Waals surface area contributed by atoms with Crippen molar-refractivity contribution in [3.63, 3.8) is 0 Å². The number of rotatable bonds is 5. The van der Waals surface area contributed by atoms with Crippen LogP contribution in [0, 0.1) is 5.92 Å². The van der Waals surface area contributed by atoms with Crippen molar-refractivity contribution < 1.29 is 0 Å². The van der Waals surface area contributed by atoms with E-state index in [2.05, 4.69) is 29.8 Å². The lowest BCUT2D eigenvalue weighted by Crippen LogP contribution is -2.19. The van der Waals surface area contributed by atoms with E-state index in [0.717, 1.165) is 5.92 Å². The summed E-state index contributed by atoms with van der Waals surface area (Å²) in [5, 5.41) is 5.71. The standard InChI is InChI=1S/C11H17NS/c1-9(11-3-2-8-13-11)12-7-6-10-4-5-10/h2-3,8-10,12H,4-7H2,1H3/t9-/m1/s1. The molecule has 1 aliphatic carbocycles. The van der Waals surface area contributed by atoms with Gasteiger partial charge in [-0.1, -0.05) is 18.9 Å². The Hall–Kier alpha value is -0.340. The highest BCUT2D eigenvalue weighted by Gasteiger charge is 2.20. The Labute approximate surface area is 84.2 Å². The molecular formula is C11H17NS. The molecule has 0 saturated heterocycles. The fourth-order valence-corrected chi connectivity index (χ4v) is 2.31. The van der Waals surface area contributed by atoms with Crippen LogP contribution in [-0.2, 0) is 0 Å². The highest BCUT2D eigenvalue weighted by molar-refractivity contribution is 7.10. The summed E-state index contributed by atoms with van der Waals surface area (Å²) >= 11 is 1.84. The second kappa shape index (κ2) is 4.25. The van der Waals surface area contributed by atoms with Crippen molar-refractivity contribution in [2.45, 2.75) is 32.2 Å². The molecule has 1 N–H and O–H groups in total. The topological polar surface area (TPSA) is 12.0 Å². The molecule has 1 aromatic rings. The first-order chi connectivity index (χ1) is 6.36. The van der Waals surface area contributed by atoms with Crippen LogP contribution >= 0.6 is 11.3 Å². The number of hydrogen-bond donors (Lipinski definition) is 1. The molecule has 1 nitrogen and oxygen atoms in total. The van der Waals surface area contributed by atoms with Gasteiger partial charge in [0.2, 0.25) is 0 Å². The van der Waals surface area contributed by atoms with Crippen LogP contribution in [0.5, 0.6) is 0 Å². The largest absolute Gasteiger partial charge is 0.309 e. The second-order valence-corrected chi connectivity index (χ2v) is 4.90. The van der Waals surface area contributed by atoms with Gasteiger partial charge in [0.25, 0.3) is 0 Å². The monoisotopic (exact) mass is 195 g/mol. The average Bonchev–Trinajstić information content (AvgIpc) is 2.80. The Kier molecular flexibility index (Phi) is 3.01. The van der Waals surface area contributed by atoms with Gasteiger partial charge in [0.15, 0.2) is 0 Å². The Balaban J connectivity index is 1.68. The predicted octanol–water partition coefficient (Wildman–Crippen LogP) is 3.20. The zero-order valence-corrected chi connectivity index (χ0v) is 8.94. The Morgan fingerprint density at radius 1 is 1.62 bits per heavy atom. The van der Waals surface area contributed by atoms with Crippen LogP contribution in [0.1, 0.15) is 37.1 Å². The molecule has 2 heteroatoms. The van der Waals surface area contributed by atoms with Crippen molar-refractivity contribution >= 4 is 11.3 Å². The SMILES string of the molecule is C[C@@H](NCCC1CC1)c1cccs1. The third-order valence-electron chi connectivity index (χ3n) is 2.67. The quantitative estimate of drug-likeness (QED) is 0.761. The van der Waals surface area contributed by atoms with Gasteiger partial charge in [0.05, 0.1) is 0 Å². The minimum absolute atomic E-state index is 0.541. The third kappa shape index (κ3) is 2.82. The first-order valence-corrected chi connectivity index (χ1v) is 6.01. The number of thiophene rings is 1. The van der Waals surface area contributed by atoms with Gasteiger partial charge in [-0.05, 0) is 37.3 Å². The maximum absolute atomic E-state index is 3.57. The predicted molar refractivity (Wildman–Crippen MR) is 58.1 cm³/mol. The van der Waals surface area contributed by atoms with E-state index in [4.69, 9.17) is 0 Å². The van der Waals surface area contributed by atoms with E-state index in [1.54, 1.807) is 0 Å². The van der Waals surface area contributed by atoms with Crippen molar-refractivity contribution in [3.05, 3.63) is 22.4 Å². The van der Waals surface area contributed by atoms with Crippen LogP contribution in [0.15, 0.2) is 17.5 Å². The zero-order chi connectivity index (χ0) is 9.10. The number of hydrogen-bond acceptors (Lipinski definition) is 2. The van der Waals surface area contributed by atoms with Gasteiger partial charge in [-0.25, -0.2) is 0 Å². The van der Waals surface area contributed by atoms with Crippen LogP contribution in [0.3, 0.4) is 0 Å². The lowest BCUT2D eigenvalue weighted by atomic mass is 10.2. The summed E-state index contributed by atoms with van der Waals surface area (Å²) in [7, 11) is 0. The zero-order valence-electron chi connectivity index (χ0n) is 8.12. The van der Waals surface area contributed by atoms with Crippen molar-refractivity contribution in [1.29, 1.82) is 0 Å². The van der Waals surface area contributed by atoms with E-state index in [9.17, 15) is 0 Å². The molecule has 0 spiro atoms. The minimum Gasteiger partial charge on any atom is -0.309 e. The molecular weight excluding hydrogens is 178 g/mol. The summed E-state index contributed by atoms with van der Waals surface area (Å²) in [6.07, 6.45) is 4.31. The van der Waals surface area contributed by atoms with Crippen LogP contribution < -0.4 is 5.32 Å². The van der Waals surface area contributed by atoms with Crippen LogP contribution in [0.4, 0.5) is 0 Å². The van der Waals surface area contributed by atoms with Crippen LogP contribution in [0.25, 0.3) is 0 Å². The molecule has 0 radical (unpaired) electrons. The van der Waals surface area contributed by atoms with Crippen LogP contribution in [0.2, 0.25) is 0 Å². The van der Waals surface area contributed by atoms with E-state index in [-0.39, 0.29) is 0 Å². The smallest absolute Gasteiger partial charge is 0.0386 e. The Morgan fingerprint density at radius 3 is 3.08 bits per heavy atom. The summed E-state index contributed by atoms with van der Waals surface area (Å²) in [6, 6.07) is 4.87. The summed E-state index contributed by atoms with van der Waals surface area (Å²) in [5.41, 5.74) is 0. The van der Waals surface area contributed by atoms with E-state index in [1.807, 2.05) is 11.3 Å². The average molecular weight is 195 g/mol. The molecule has 0 amide bonds. The van der Waals surface area contributed by atoms with E-state index >= 15 is 0 Å². The molecule has 1 aliphatic rings. The van der Waals surface area contributed by atoms with E-state index in [1.165, 1.54) is 30.7 Å². The molecule has 0 aliphatic heterocycles. The molecule has 2 rings (SSSR count). The molecule has 0 bridgehead atoms. The molecule has 1 heterocycles. The van der Waals surface area contributed by atoms with E-state index in [0.29, 0.717) is 6.04 Å². The van der Waals surface area contributed by atoms with Gasteiger partial charge in [-0.15, -0.1) is 11.3 Å². The van der Waals surface area contributed by atoms with Crippen molar-refractivity contribution in [2.75, 3.05) is 6.54 Å². The fourth-order valence-electron chi connectivity index (χ4n) is 1.55. The maximum atomic E-state index is 3.57. The summed E-state index contributed by atoms with van der Waals surface area (Å²) in [6.45, 7) is 3.43. The van der Waals surface area contributed by atoms with Crippen molar-refractivity contribution in [3.8, 4) is 0 Å². The van der Waals surface area contributed by atoms with Gasteiger partial charge in [0, 0.05) is 10.9 Å². The molecule has 1 atom stereocenters. The fraction of sp³-hybridized carbons (Fsp3) is 0.636. The van der Waals surface area contributed by atoms with Gasteiger partial charge < -0.3 is 5.32 Å². The highest BCUT2D eigenvalue weighted by atomic mass is 32.1. The maximum Gasteiger partial charge on any atom is 0.0386 e. The van der Waals surface area contributed by atoms with Crippen molar-refractivity contribution in [1.82, 2.24) is 5.32 Å². The molecule has 72 valence electrons. The number of nitrogens with one attached hydrogen (secondary N) is 1. The first-order valence-electron chi connectivity index (χ1n) is 5.13. The lowest BCUT2D eigenvalue weighted by molar-refractivity contribution is 0.545. The Bertz CT molecular complexity index is 239. The van der Waals surface area contributed by atoms with E-state index < -0.39 is 0 Å². The minimum atomic E-state index is 0.541. The van der Waals surface area contributed by atoms with Crippen molar-refractivity contribution in [2.24, 2.45) is 5.92 Å². The molecule has 0 aromatic carbocycles. The first kappa shape index (κ1) is 9.22. The normalized spacial score (nSPS) is 18.8. The van der Waals surface area contributed by atoms with Gasteiger partial charge in [-0.2, -0.15) is 0 Å². The summed E-state index contributed by atoms with van der Waals surface area (Å²) in [4.78, 5) is 1.45. The second-order valence-electron chi connectivity index (χ2n) is 3.92. The third-order valence-corrected chi connectivity index (χ3v) is 3.73.